The lowest BCUT2D eigenvalue weighted by molar-refractivity contribution is 0.0668. The standard InChI is InChI=1S/C8H13F2N5.HI/c1-11-8(12-2)14-5-6-13-3-4-15(6)7(9)10;/h3-4,7H,5H2,1-2H3,(H2,11,12,14);1H. The van der Waals surface area contributed by atoms with Gasteiger partial charge in [0, 0.05) is 26.5 Å². The molecular weight excluding hydrogens is 331 g/mol. The van der Waals surface area contributed by atoms with Crippen LogP contribution in [0.3, 0.4) is 0 Å². The highest BCUT2D eigenvalue weighted by Gasteiger charge is 2.10. The molecule has 8 heteroatoms. The van der Waals surface area contributed by atoms with Gasteiger partial charge in [-0.05, 0) is 0 Å². The first kappa shape index (κ1) is 15.1. The Morgan fingerprint density at radius 1 is 1.62 bits per heavy atom. The number of guanidine groups is 1. The fraction of sp³-hybridized carbons (Fsp3) is 0.500. The van der Waals surface area contributed by atoms with Gasteiger partial charge in [-0.3, -0.25) is 9.56 Å². The van der Waals surface area contributed by atoms with Crippen molar-refractivity contribution in [2.45, 2.75) is 13.1 Å². The largest absolute Gasteiger partial charge is 0.359 e. The predicted molar refractivity (Wildman–Crippen MR) is 68.2 cm³/mol. The van der Waals surface area contributed by atoms with E-state index in [0.29, 0.717) is 5.96 Å². The molecule has 0 aliphatic heterocycles. The summed E-state index contributed by atoms with van der Waals surface area (Å²) in [5, 5.41) is 5.62. The van der Waals surface area contributed by atoms with Crippen molar-refractivity contribution in [3.05, 3.63) is 18.2 Å². The number of alkyl halides is 2. The lowest BCUT2D eigenvalue weighted by Gasteiger charge is -2.09. The van der Waals surface area contributed by atoms with Crippen LogP contribution in [0.4, 0.5) is 8.78 Å². The van der Waals surface area contributed by atoms with E-state index in [1.54, 1.807) is 14.1 Å². The number of nitrogens with zero attached hydrogens (tertiary/aromatic N) is 3. The van der Waals surface area contributed by atoms with Crippen LogP contribution >= 0.6 is 24.0 Å². The lowest BCUT2D eigenvalue weighted by Crippen LogP contribution is -2.34. The molecule has 92 valence electrons. The third kappa shape index (κ3) is 3.91. The molecule has 0 unspecified atom stereocenters. The third-order valence-corrected chi connectivity index (χ3v) is 1.83. The Hall–Kier alpha value is -0.930. The molecule has 0 spiro atoms. The summed E-state index contributed by atoms with van der Waals surface area (Å²) in [6.07, 6.45) is 2.58. The molecule has 16 heavy (non-hydrogen) atoms. The van der Waals surface area contributed by atoms with Gasteiger partial charge in [-0.15, -0.1) is 24.0 Å². The predicted octanol–water partition coefficient (Wildman–Crippen LogP) is 1.19. The van der Waals surface area contributed by atoms with Gasteiger partial charge in [0.15, 0.2) is 5.96 Å². The molecule has 0 aliphatic carbocycles. The summed E-state index contributed by atoms with van der Waals surface area (Å²) in [5.74, 6) is 0.792. The van der Waals surface area contributed by atoms with Crippen LogP contribution in [0, 0.1) is 0 Å². The van der Waals surface area contributed by atoms with E-state index in [1.165, 1.54) is 12.4 Å². The minimum Gasteiger partial charge on any atom is -0.359 e. The van der Waals surface area contributed by atoms with Gasteiger partial charge in [0.2, 0.25) is 0 Å². The van der Waals surface area contributed by atoms with E-state index >= 15 is 0 Å². The molecule has 5 nitrogen and oxygen atoms in total. The van der Waals surface area contributed by atoms with Crippen LogP contribution in [0.15, 0.2) is 17.4 Å². The van der Waals surface area contributed by atoms with Crippen LogP contribution in [-0.2, 0) is 6.54 Å². The molecule has 0 amide bonds. The number of hydrogen-bond acceptors (Lipinski definition) is 2. The number of aromatic nitrogens is 2. The molecule has 1 heterocycles. The highest BCUT2D eigenvalue weighted by Crippen LogP contribution is 2.11. The maximum Gasteiger partial charge on any atom is 0.319 e. The van der Waals surface area contributed by atoms with Gasteiger partial charge >= 0.3 is 6.55 Å². The topological polar surface area (TPSA) is 54.2 Å². The molecule has 1 aromatic rings. The summed E-state index contributed by atoms with van der Waals surface area (Å²) in [7, 11) is 3.29. The van der Waals surface area contributed by atoms with Gasteiger partial charge in [-0.2, -0.15) is 8.78 Å². The zero-order chi connectivity index (χ0) is 11.3. The number of imidazole rings is 1. The molecule has 0 fully saturated rings. The fourth-order valence-electron chi connectivity index (χ4n) is 1.10. The number of nitrogens with one attached hydrogen (secondary N) is 2. The van der Waals surface area contributed by atoms with Gasteiger partial charge < -0.3 is 10.6 Å². The van der Waals surface area contributed by atoms with Crippen LogP contribution in [-0.4, -0.2) is 29.6 Å². The summed E-state index contributed by atoms with van der Waals surface area (Å²) in [5.41, 5.74) is 0. The van der Waals surface area contributed by atoms with Gasteiger partial charge in [0.25, 0.3) is 0 Å². The Labute approximate surface area is 109 Å². The molecule has 0 atom stereocenters. The molecule has 0 aliphatic rings. The summed E-state index contributed by atoms with van der Waals surface area (Å²) < 4.78 is 25.6. The Morgan fingerprint density at radius 3 is 2.81 bits per heavy atom. The number of aliphatic imine (C=N–C) groups is 1. The van der Waals surface area contributed by atoms with Crippen molar-refractivity contribution in [2.75, 3.05) is 14.1 Å². The summed E-state index contributed by atoms with van der Waals surface area (Å²) in [6, 6.07) is 0. The smallest absolute Gasteiger partial charge is 0.319 e. The fourth-order valence-corrected chi connectivity index (χ4v) is 1.10. The molecule has 0 aromatic carbocycles. The average Bonchev–Trinajstić information content (AvgIpc) is 2.67. The van der Waals surface area contributed by atoms with Crippen LogP contribution in [0.1, 0.15) is 12.4 Å². The Bertz CT molecular complexity index is 339. The van der Waals surface area contributed by atoms with E-state index in [2.05, 4.69) is 20.6 Å². The Morgan fingerprint density at radius 2 is 2.31 bits per heavy atom. The molecule has 0 saturated heterocycles. The first-order chi connectivity index (χ1) is 7.19. The second-order valence-corrected chi connectivity index (χ2v) is 2.70. The minimum absolute atomic E-state index is 0. The monoisotopic (exact) mass is 345 g/mol. The molecule has 1 rings (SSSR count). The van der Waals surface area contributed by atoms with Crippen molar-refractivity contribution >= 4 is 29.9 Å². The van der Waals surface area contributed by atoms with Gasteiger partial charge in [0.1, 0.15) is 5.82 Å². The normalized spacial score (nSPS) is 11.2. The molecule has 0 bridgehead atoms. The van der Waals surface area contributed by atoms with E-state index < -0.39 is 6.55 Å². The van der Waals surface area contributed by atoms with Gasteiger partial charge in [0.05, 0.1) is 6.54 Å². The van der Waals surface area contributed by atoms with Crippen molar-refractivity contribution in [3.8, 4) is 0 Å². The van der Waals surface area contributed by atoms with Crippen molar-refractivity contribution in [2.24, 2.45) is 4.99 Å². The van der Waals surface area contributed by atoms with Crippen LogP contribution in [0.5, 0.6) is 0 Å². The van der Waals surface area contributed by atoms with E-state index in [4.69, 9.17) is 0 Å². The first-order valence-corrected chi connectivity index (χ1v) is 4.37. The molecule has 1 aromatic heterocycles. The highest BCUT2D eigenvalue weighted by atomic mass is 127. The third-order valence-electron chi connectivity index (χ3n) is 1.83. The van der Waals surface area contributed by atoms with Crippen molar-refractivity contribution in [3.63, 3.8) is 0 Å². The SMILES string of the molecule is CN=C(NC)NCc1nccn1C(F)F.I. The molecular formula is C8H14F2IN5. The van der Waals surface area contributed by atoms with E-state index in [1.807, 2.05) is 0 Å². The lowest BCUT2D eigenvalue weighted by atomic mass is 10.6. The quantitative estimate of drug-likeness (QED) is 0.492. The van der Waals surface area contributed by atoms with E-state index in [9.17, 15) is 8.78 Å². The molecule has 0 radical (unpaired) electrons. The number of halogens is 3. The first-order valence-electron chi connectivity index (χ1n) is 4.37. The van der Waals surface area contributed by atoms with Crippen molar-refractivity contribution in [1.82, 2.24) is 20.2 Å². The second-order valence-electron chi connectivity index (χ2n) is 2.70. The second kappa shape index (κ2) is 7.36. The van der Waals surface area contributed by atoms with Crippen LogP contribution < -0.4 is 10.6 Å². The van der Waals surface area contributed by atoms with Crippen molar-refractivity contribution in [1.29, 1.82) is 0 Å². The summed E-state index contributed by atoms with van der Waals surface area (Å²) in [4.78, 5) is 7.67. The molecule has 2 N–H and O–H groups in total. The number of rotatable bonds is 3. The maximum absolute atomic E-state index is 12.4. The van der Waals surface area contributed by atoms with Crippen LogP contribution in [0.2, 0.25) is 0 Å². The Kier molecular flexibility index (Phi) is 6.93. The minimum atomic E-state index is -2.57. The Balaban J connectivity index is 0.00000225. The van der Waals surface area contributed by atoms with Crippen molar-refractivity contribution < 1.29 is 8.78 Å². The summed E-state index contributed by atoms with van der Waals surface area (Å²) in [6.45, 7) is -2.37. The van der Waals surface area contributed by atoms with Crippen LogP contribution in [0.25, 0.3) is 0 Å². The highest BCUT2D eigenvalue weighted by molar-refractivity contribution is 14.0. The number of hydrogen-bond donors (Lipinski definition) is 2. The van der Waals surface area contributed by atoms with Gasteiger partial charge in [-0.25, -0.2) is 4.98 Å². The zero-order valence-corrected chi connectivity index (χ0v) is 11.3. The average molecular weight is 345 g/mol. The van der Waals surface area contributed by atoms with E-state index in [0.717, 1.165) is 4.57 Å². The zero-order valence-electron chi connectivity index (χ0n) is 8.94. The molecule has 0 saturated carbocycles. The van der Waals surface area contributed by atoms with E-state index in [-0.39, 0.29) is 36.3 Å². The van der Waals surface area contributed by atoms with Gasteiger partial charge in [-0.1, -0.05) is 0 Å². The summed E-state index contributed by atoms with van der Waals surface area (Å²) >= 11 is 0. The maximum atomic E-state index is 12.4.